The minimum absolute atomic E-state index is 0.0990. The fraction of sp³-hybridized carbons (Fsp3) is 0.316. The number of carbonyl (C=O) groups is 1. The van der Waals surface area contributed by atoms with E-state index in [0.29, 0.717) is 6.42 Å². The Hall–Kier alpha value is -2.43. The molecule has 0 heterocycles. The fourth-order valence-electron chi connectivity index (χ4n) is 2.41. The van der Waals surface area contributed by atoms with Gasteiger partial charge < -0.3 is 10.1 Å². The summed E-state index contributed by atoms with van der Waals surface area (Å²) >= 11 is 0. The normalized spacial score (nSPS) is 10.7. The molecule has 2 aromatic rings. The minimum Gasteiger partial charge on any atom is -0.488 e. The second kappa shape index (κ2) is 8.43. The van der Waals surface area contributed by atoms with Crippen LogP contribution >= 0.6 is 0 Å². The molecule has 0 atom stereocenters. The van der Waals surface area contributed by atoms with Gasteiger partial charge in [0.1, 0.15) is 12.4 Å². The van der Waals surface area contributed by atoms with Gasteiger partial charge >= 0.3 is 0 Å². The molecular weight excluding hydrogens is 312 g/mol. The van der Waals surface area contributed by atoms with Gasteiger partial charge in [0.2, 0.25) is 5.91 Å². The highest BCUT2D eigenvalue weighted by atomic mass is 19.3. The predicted molar refractivity (Wildman–Crippen MR) is 89.3 cm³/mol. The molecule has 24 heavy (non-hydrogen) atoms. The first-order valence-corrected chi connectivity index (χ1v) is 7.86. The van der Waals surface area contributed by atoms with Crippen molar-refractivity contribution in [3.05, 3.63) is 64.7 Å². The van der Waals surface area contributed by atoms with E-state index in [1.54, 1.807) is 19.2 Å². The lowest BCUT2D eigenvalue weighted by Gasteiger charge is -2.14. The summed E-state index contributed by atoms with van der Waals surface area (Å²) in [6.07, 6.45) is -1.67. The summed E-state index contributed by atoms with van der Waals surface area (Å²) in [6, 6.07) is 12.2. The highest BCUT2D eigenvalue weighted by molar-refractivity contribution is 5.78. The molecule has 0 fully saturated rings. The third-order valence-electron chi connectivity index (χ3n) is 3.85. The van der Waals surface area contributed by atoms with Crippen LogP contribution in [0.2, 0.25) is 0 Å². The molecule has 3 nitrogen and oxygen atoms in total. The van der Waals surface area contributed by atoms with Crippen LogP contribution in [0.25, 0.3) is 0 Å². The molecule has 0 radical (unpaired) electrons. The molecule has 1 amide bonds. The maximum Gasteiger partial charge on any atom is 0.267 e. The van der Waals surface area contributed by atoms with Crippen molar-refractivity contribution >= 4 is 5.91 Å². The Labute approximate surface area is 140 Å². The van der Waals surface area contributed by atoms with E-state index in [0.717, 1.165) is 16.7 Å². The molecule has 0 bridgehead atoms. The standard InChI is InChI=1S/C19H21F2NO2/c1-3-13-8-9-17(16(10-13)19(20)21)24-12-15-7-5-4-6-14(15)11-18(23)22-2/h4-10,19H,3,11-12H2,1-2H3,(H,22,23). The number of halogens is 2. The molecule has 0 aliphatic heterocycles. The molecule has 0 spiro atoms. The lowest BCUT2D eigenvalue weighted by molar-refractivity contribution is -0.119. The average Bonchev–Trinajstić information content (AvgIpc) is 2.60. The number of amides is 1. The summed E-state index contributed by atoms with van der Waals surface area (Å²) in [6.45, 7) is 2.05. The van der Waals surface area contributed by atoms with Gasteiger partial charge in [0.25, 0.3) is 6.43 Å². The Morgan fingerprint density at radius 1 is 1.17 bits per heavy atom. The molecule has 2 rings (SSSR count). The molecule has 0 saturated heterocycles. The van der Waals surface area contributed by atoms with E-state index in [4.69, 9.17) is 4.74 Å². The summed E-state index contributed by atoms with van der Waals surface area (Å²) in [5, 5.41) is 2.57. The molecule has 0 aliphatic rings. The number of nitrogens with one attached hydrogen (secondary N) is 1. The van der Waals surface area contributed by atoms with Crippen LogP contribution in [-0.2, 0) is 24.2 Å². The van der Waals surface area contributed by atoms with Crippen LogP contribution in [0.1, 0.15) is 35.6 Å². The zero-order chi connectivity index (χ0) is 17.5. The summed E-state index contributed by atoms with van der Waals surface area (Å²) in [5.41, 5.74) is 2.37. The zero-order valence-corrected chi connectivity index (χ0v) is 13.8. The van der Waals surface area contributed by atoms with Gasteiger partial charge in [-0.05, 0) is 35.2 Å². The fourth-order valence-corrected chi connectivity index (χ4v) is 2.41. The first-order valence-electron chi connectivity index (χ1n) is 7.86. The number of aryl methyl sites for hydroxylation is 1. The Morgan fingerprint density at radius 2 is 1.88 bits per heavy atom. The van der Waals surface area contributed by atoms with Gasteiger partial charge in [0.15, 0.2) is 0 Å². The summed E-state index contributed by atoms with van der Waals surface area (Å²) in [4.78, 5) is 11.6. The summed E-state index contributed by atoms with van der Waals surface area (Å²) < 4.78 is 32.1. The second-order valence-electron chi connectivity index (χ2n) is 5.43. The molecule has 0 aromatic heterocycles. The number of ether oxygens (including phenoxy) is 1. The van der Waals surface area contributed by atoms with Crippen molar-refractivity contribution in [1.82, 2.24) is 5.32 Å². The summed E-state index contributed by atoms with van der Waals surface area (Å²) in [7, 11) is 1.58. The molecule has 0 aliphatic carbocycles. The number of rotatable bonds is 7. The SMILES string of the molecule is CCc1ccc(OCc2ccccc2CC(=O)NC)c(C(F)F)c1. The Balaban J connectivity index is 2.18. The van der Waals surface area contributed by atoms with Gasteiger partial charge in [-0.2, -0.15) is 0 Å². The van der Waals surface area contributed by atoms with Gasteiger partial charge in [0.05, 0.1) is 12.0 Å². The van der Waals surface area contributed by atoms with Crippen LogP contribution in [0.4, 0.5) is 8.78 Å². The maximum absolute atomic E-state index is 13.2. The van der Waals surface area contributed by atoms with Crippen LogP contribution in [0.15, 0.2) is 42.5 Å². The van der Waals surface area contributed by atoms with Crippen molar-refractivity contribution in [1.29, 1.82) is 0 Å². The van der Waals surface area contributed by atoms with Gasteiger partial charge in [-0.3, -0.25) is 4.79 Å². The minimum atomic E-state index is -2.59. The molecule has 0 saturated carbocycles. The quantitative estimate of drug-likeness (QED) is 0.830. The molecule has 5 heteroatoms. The third kappa shape index (κ3) is 4.54. The van der Waals surface area contributed by atoms with Gasteiger partial charge in [0, 0.05) is 7.05 Å². The van der Waals surface area contributed by atoms with E-state index >= 15 is 0 Å². The van der Waals surface area contributed by atoms with Crippen LogP contribution in [0.5, 0.6) is 5.75 Å². The molecule has 0 unspecified atom stereocenters. The predicted octanol–water partition coefficient (Wildman–Crippen LogP) is 4.05. The van der Waals surface area contributed by atoms with Crippen molar-refractivity contribution < 1.29 is 18.3 Å². The first kappa shape index (κ1) is 17.9. The van der Waals surface area contributed by atoms with Crippen molar-refractivity contribution in [2.75, 3.05) is 7.05 Å². The van der Waals surface area contributed by atoms with Crippen LogP contribution in [-0.4, -0.2) is 13.0 Å². The number of carbonyl (C=O) groups excluding carboxylic acids is 1. The van der Waals surface area contributed by atoms with E-state index in [1.807, 2.05) is 31.2 Å². The zero-order valence-electron chi connectivity index (χ0n) is 13.8. The van der Waals surface area contributed by atoms with Gasteiger partial charge in [-0.15, -0.1) is 0 Å². The topological polar surface area (TPSA) is 38.3 Å². The number of hydrogen-bond donors (Lipinski definition) is 1. The number of alkyl halides is 2. The van der Waals surface area contributed by atoms with Crippen molar-refractivity contribution in [2.45, 2.75) is 32.8 Å². The van der Waals surface area contributed by atoms with Crippen LogP contribution in [0, 0.1) is 0 Å². The molecule has 128 valence electrons. The second-order valence-corrected chi connectivity index (χ2v) is 5.43. The van der Waals surface area contributed by atoms with Crippen molar-refractivity contribution in [3.63, 3.8) is 0 Å². The van der Waals surface area contributed by atoms with Gasteiger partial charge in [-0.25, -0.2) is 8.78 Å². The van der Waals surface area contributed by atoms with Crippen LogP contribution in [0.3, 0.4) is 0 Å². The molecule has 2 aromatic carbocycles. The van der Waals surface area contributed by atoms with Crippen molar-refractivity contribution in [3.8, 4) is 5.75 Å². The largest absolute Gasteiger partial charge is 0.488 e. The smallest absolute Gasteiger partial charge is 0.267 e. The Bertz CT molecular complexity index is 702. The van der Waals surface area contributed by atoms with E-state index < -0.39 is 6.43 Å². The van der Waals surface area contributed by atoms with Crippen molar-refractivity contribution in [2.24, 2.45) is 0 Å². The average molecular weight is 333 g/mol. The highest BCUT2D eigenvalue weighted by Gasteiger charge is 2.15. The molecule has 1 N–H and O–H groups in total. The number of likely N-dealkylation sites (N-methyl/N-ethyl adjacent to an activating group) is 1. The third-order valence-corrected chi connectivity index (χ3v) is 3.85. The van der Waals surface area contributed by atoms with E-state index in [-0.39, 0.29) is 30.2 Å². The summed E-state index contributed by atoms with van der Waals surface area (Å²) in [5.74, 6) is 0.0694. The monoisotopic (exact) mass is 333 g/mol. The molecular formula is C19H21F2NO2. The van der Waals surface area contributed by atoms with Gasteiger partial charge in [-0.1, -0.05) is 37.3 Å². The van der Waals surface area contributed by atoms with E-state index in [2.05, 4.69) is 5.32 Å². The van der Waals surface area contributed by atoms with E-state index in [1.165, 1.54) is 6.07 Å². The lowest BCUT2D eigenvalue weighted by atomic mass is 10.0. The lowest BCUT2D eigenvalue weighted by Crippen LogP contribution is -2.20. The first-order chi connectivity index (χ1) is 11.5. The maximum atomic E-state index is 13.2. The van der Waals surface area contributed by atoms with Crippen LogP contribution < -0.4 is 10.1 Å². The highest BCUT2D eigenvalue weighted by Crippen LogP contribution is 2.31. The Morgan fingerprint density at radius 3 is 2.50 bits per heavy atom. The number of hydrogen-bond acceptors (Lipinski definition) is 2. The Kier molecular flexibility index (Phi) is 6.29. The van der Waals surface area contributed by atoms with E-state index in [9.17, 15) is 13.6 Å². The number of benzene rings is 2.